The molecule has 0 radical (unpaired) electrons. The number of aromatic carboxylic acids is 1. The first-order chi connectivity index (χ1) is 9.56. The molecule has 0 saturated carbocycles. The summed E-state index contributed by atoms with van der Waals surface area (Å²) in [5.74, 6) is -1.69. The van der Waals surface area contributed by atoms with Gasteiger partial charge in [-0.05, 0) is 30.3 Å². The standard InChI is InChI=1S/C13H11FN2O4/c14-11-4-3-8(6-10(11)12(17)18)16-13(19)15-7-9-2-1-5-20-9/h1-6H,7H2,(H,17,18)(H2,15,16,19). The zero-order valence-electron chi connectivity index (χ0n) is 10.2. The number of benzene rings is 1. The van der Waals surface area contributed by atoms with Gasteiger partial charge in [0, 0.05) is 5.69 Å². The van der Waals surface area contributed by atoms with Crippen LogP contribution in [-0.2, 0) is 6.54 Å². The fourth-order valence-corrected chi connectivity index (χ4v) is 1.52. The largest absolute Gasteiger partial charge is 0.478 e. The van der Waals surface area contributed by atoms with E-state index in [0.29, 0.717) is 5.76 Å². The summed E-state index contributed by atoms with van der Waals surface area (Å²) in [5, 5.41) is 13.7. The van der Waals surface area contributed by atoms with Gasteiger partial charge in [-0.2, -0.15) is 0 Å². The van der Waals surface area contributed by atoms with E-state index in [1.54, 1.807) is 12.1 Å². The van der Waals surface area contributed by atoms with Gasteiger partial charge < -0.3 is 20.2 Å². The number of halogens is 1. The number of carbonyl (C=O) groups is 2. The van der Waals surface area contributed by atoms with Crippen LogP contribution in [0.25, 0.3) is 0 Å². The highest BCUT2D eigenvalue weighted by atomic mass is 19.1. The summed E-state index contributed by atoms with van der Waals surface area (Å²) in [7, 11) is 0. The van der Waals surface area contributed by atoms with Gasteiger partial charge >= 0.3 is 12.0 Å². The summed E-state index contributed by atoms with van der Waals surface area (Å²) in [4.78, 5) is 22.3. The summed E-state index contributed by atoms with van der Waals surface area (Å²) in [6.45, 7) is 0.186. The minimum Gasteiger partial charge on any atom is -0.478 e. The molecule has 0 unspecified atom stereocenters. The van der Waals surface area contributed by atoms with Crippen molar-refractivity contribution in [2.75, 3.05) is 5.32 Å². The number of amides is 2. The minimum atomic E-state index is -1.40. The Morgan fingerprint density at radius 1 is 1.30 bits per heavy atom. The van der Waals surface area contributed by atoms with Crippen LogP contribution in [0.2, 0.25) is 0 Å². The van der Waals surface area contributed by atoms with Crippen LogP contribution in [0.1, 0.15) is 16.1 Å². The summed E-state index contributed by atoms with van der Waals surface area (Å²) < 4.78 is 18.2. The Bertz CT molecular complexity index is 625. The number of carboxylic acid groups (broad SMARTS) is 1. The predicted octanol–water partition coefficient (Wildman–Crippen LogP) is 2.44. The third kappa shape index (κ3) is 3.35. The molecule has 0 aliphatic carbocycles. The highest BCUT2D eigenvalue weighted by Crippen LogP contribution is 2.14. The summed E-state index contributed by atoms with van der Waals surface area (Å²) in [6.07, 6.45) is 1.48. The number of carbonyl (C=O) groups excluding carboxylic acids is 1. The molecule has 104 valence electrons. The van der Waals surface area contributed by atoms with Crippen molar-refractivity contribution in [2.45, 2.75) is 6.54 Å². The van der Waals surface area contributed by atoms with Crippen LogP contribution in [0.4, 0.5) is 14.9 Å². The third-order valence-corrected chi connectivity index (χ3v) is 2.46. The van der Waals surface area contributed by atoms with E-state index in [9.17, 15) is 14.0 Å². The number of furan rings is 1. The van der Waals surface area contributed by atoms with E-state index in [4.69, 9.17) is 9.52 Å². The molecular formula is C13H11FN2O4. The number of urea groups is 1. The molecule has 1 aromatic heterocycles. The molecule has 1 heterocycles. The molecule has 0 atom stereocenters. The van der Waals surface area contributed by atoms with E-state index < -0.39 is 23.4 Å². The molecule has 0 aliphatic heterocycles. The van der Waals surface area contributed by atoms with Gasteiger partial charge in [0.05, 0.1) is 18.4 Å². The Kier molecular flexibility index (Phi) is 3.99. The fourth-order valence-electron chi connectivity index (χ4n) is 1.52. The Balaban J connectivity index is 1.97. The summed E-state index contributed by atoms with van der Waals surface area (Å²) in [5.41, 5.74) is -0.324. The molecule has 0 saturated heterocycles. The number of rotatable bonds is 4. The molecule has 20 heavy (non-hydrogen) atoms. The van der Waals surface area contributed by atoms with Gasteiger partial charge in [0.2, 0.25) is 0 Å². The van der Waals surface area contributed by atoms with Gasteiger partial charge in [0.1, 0.15) is 11.6 Å². The zero-order valence-corrected chi connectivity index (χ0v) is 10.2. The molecule has 2 aromatic rings. The van der Waals surface area contributed by atoms with Crippen LogP contribution in [0.15, 0.2) is 41.0 Å². The van der Waals surface area contributed by atoms with Crippen LogP contribution in [0.5, 0.6) is 0 Å². The van der Waals surface area contributed by atoms with E-state index in [1.165, 1.54) is 12.3 Å². The lowest BCUT2D eigenvalue weighted by molar-refractivity contribution is 0.0692. The van der Waals surface area contributed by atoms with Crippen LogP contribution < -0.4 is 10.6 Å². The molecule has 0 bridgehead atoms. The average Bonchev–Trinajstić information content (AvgIpc) is 2.91. The van der Waals surface area contributed by atoms with Crippen molar-refractivity contribution in [3.8, 4) is 0 Å². The first-order valence-electron chi connectivity index (χ1n) is 5.66. The molecular weight excluding hydrogens is 267 g/mol. The van der Waals surface area contributed by atoms with Crippen LogP contribution in [-0.4, -0.2) is 17.1 Å². The van der Waals surface area contributed by atoms with Crippen LogP contribution >= 0.6 is 0 Å². The van der Waals surface area contributed by atoms with E-state index in [1.807, 2.05) is 0 Å². The van der Waals surface area contributed by atoms with E-state index in [2.05, 4.69) is 10.6 Å². The molecule has 2 amide bonds. The second-order valence-electron chi connectivity index (χ2n) is 3.89. The van der Waals surface area contributed by atoms with Gasteiger partial charge in [0.15, 0.2) is 0 Å². The second kappa shape index (κ2) is 5.87. The fraction of sp³-hybridized carbons (Fsp3) is 0.0769. The number of hydrogen-bond acceptors (Lipinski definition) is 3. The van der Waals surface area contributed by atoms with Crippen LogP contribution in [0.3, 0.4) is 0 Å². The Morgan fingerprint density at radius 3 is 2.75 bits per heavy atom. The number of nitrogens with one attached hydrogen (secondary N) is 2. The topological polar surface area (TPSA) is 91.6 Å². The monoisotopic (exact) mass is 278 g/mol. The van der Waals surface area contributed by atoms with E-state index in [-0.39, 0.29) is 12.2 Å². The quantitative estimate of drug-likeness (QED) is 0.801. The average molecular weight is 278 g/mol. The molecule has 3 N–H and O–H groups in total. The first kappa shape index (κ1) is 13.6. The summed E-state index contributed by atoms with van der Waals surface area (Å²) >= 11 is 0. The van der Waals surface area contributed by atoms with Gasteiger partial charge in [-0.25, -0.2) is 14.0 Å². The lowest BCUT2D eigenvalue weighted by Crippen LogP contribution is -2.28. The smallest absolute Gasteiger partial charge is 0.338 e. The van der Waals surface area contributed by atoms with Crippen molar-refractivity contribution < 1.29 is 23.5 Å². The maximum Gasteiger partial charge on any atom is 0.338 e. The first-order valence-corrected chi connectivity index (χ1v) is 5.66. The maximum absolute atomic E-state index is 13.2. The van der Waals surface area contributed by atoms with E-state index in [0.717, 1.165) is 12.1 Å². The molecule has 0 spiro atoms. The Morgan fingerprint density at radius 2 is 2.10 bits per heavy atom. The number of carboxylic acids is 1. The van der Waals surface area contributed by atoms with Crippen molar-refractivity contribution in [3.63, 3.8) is 0 Å². The molecule has 1 aromatic carbocycles. The normalized spacial score (nSPS) is 10.1. The molecule has 6 nitrogen and oxygen atoms in total. The van der Waals surface area contributed by atoms with Crippen molar-refractivity contribution >= 4 is 17.7 Å². The predicted molar refractivity (Wildman–Crippen MR) is 67.9 cm³/mol. The van der Waals surface area contributed by atoms with Gasteiger partial charge in [0.25, 0.3) is 0 Å². The molecule has 7 heteroatoms. The number of hydrogen-bond donors (Lipinski definition) is 3. The molecule has 0 fully saturated rings. The highest BCUT2D eigenvalue weighted by molar-refractivity contribution is 5.93. The Hall–Kier alpha value is -2.83. The van der Waals surface area contributed by atoms with E-state index >= 15 is 0 Å². The zero-order chi connectivity index (χ0) is 14.5. The van der Waals surface area contributed by atoms with Crippen molar-refractivity contribution in [2.24, 2.45) is 0 Å². The minimum absolute atomic E-state index is 0.181. The SMILES string of the molecule is O=C(NCc1ccco1)Nc1ccc(F)c(C(=O)O)c1. The summed E-state index contributed by atoms with van der Waals surface area (Å²) in [6, 6.07) is 6.13. The van der Waals surface area contributed by atoms with Gasteiger partial charge in [-0.15, -0.1) is 0 Å². The lowest BCUT2D eigenvalue weighted by Gasteiger charge is -2.07. The van der Waals surface area contributed by atoms with Crippen molar-refractivity contribution in [3.05, 3.63) is 53.7 Å². The van der Waals surface area contributed by atoms with Crippen LogP contribution in [0, 0.1) is 5.82 Å². The number of anilines is 1. The van der Waals surface area contributed by atoms with Gasteiger partial charge in [-0.3, -0.25) is 0 Å². The maximum atomic E-state index is 13.2. The van der Waals surface area contributed by atoms with Crippen molar-refractivity contribution in [1.82, 2.24) is 5.32 Å². The lowest BCUT2D eigenvalue weighted by atomic mass is 10.2. The van der Waals surface area contributed by atoms with Gasteiger partial charge in [-0.1, -0.05) is 0 Å². The molecule has 2 rings (SSSR count). The van der Waals surface area contributed by atoms with Crippen molar-refractivity contribution in [1.29, 1.82) is 0 Å². The highest BCUT2D eigenvalue weighted by Gasteiger charge is 2.12. The third-order valence-electron chi connectivity index (χ3n) is 2.46. The second-order valence-corrected chi connectivity index (χ2v) is 3.89. The Labute approximate surface area is 113 Å². The molecule has 0 aliphatic rings.